The van der Waals surface area contributed by atoms with Crippen LogP contribution in [0.2, 0.25) is 12.6 Å². The summed E-state index contributed by atoms with van der Waals surface area (Å²) in [6, 6.07) is 14.8. The topological polar surface area (TPSA) is 88.1 Å². The van der Waals surface area contributed by atoms with Crippen LogP contribution in [-0.2, 0) is 0 Å². The number of carbonyl (C=O) groups is 1. The Morgan fingerprint density at radius 1 is 1.19 bits per heavy atom. The molecular formula is C21H22BN3O2. The van der Waals surface area contributed by atoms with Gasteiger partial charge < -0.3 is 15.8 Å². The second-order valence-electron chi connectivity index (χ2n) is 6.52. The van der Waals surface area contributed by atoms with Crippen LogP contribution in [0.1, 0.15) is 22.3 Å². The monoisotopic (exact) mass is 359 g/mol. The van der Waals surface area contributed by atoms with Gasteiger partial charge in [-0.1, -0.05) is 24.5 Å². The van der Waals surface area contributed by atoms with Crippen LogP contribution in [0.25, 0.3) is 5.57 Å². The van der Waals surface area contributed by atoms with E-state index in [0.717, 1.165) is 30.4 Å². The van der Waals surface area contributed by atoms with Crippen LogP contribution in [0.5, 0.6) is 5.75 Å². The number of allylic oxidation sites excluding steroid dienone is 2. The van der Waals surface area contributed by atoms with Crippen LogP contribution < -0.4 is 15.8 Å². The number of amides is 1. The third-order valence-corrected chi connectivity index (χ3v) is 4.61. The number of carbonyl (C=O) groups excluding carboxylic acids is 1. The molecule has 1 heterocycles. The van der Waals surface area contributed by atoms with Crippen molar-refractivity contribution in [2.24, 2.45) is 5.73 Å². The number of anilines is 1. The summed E-state index contributed by atoms with van der Waals surface area (Å²) in [5.74, 6) is 2.90. The number of nitrogens with two attached hydrogens (primary N) is 1. The summed E-state index contributed by atoms with van der Waals surface area (Å²) in [6.07, 6.45) is 4.75. The van der Waals surface area contributed by atoms with Gasteiger partial charge in [-0.25, -0.2) is 5.26 Å². The molecule has 0 unspecified atom stereocenters. The van der Waals surface area contributed by atoms with E-state index >= 15 is 0 Å². The van der Waals surface area contributed by atoms with Gasteiger partial charge in [0.1, 0.15) is 12.4 Å². The van der Waals surface area contributed by atoms with E-state index in [9.17, 15) is 4.79 Å². The molecule has 0 radical (unpaired) electrons. The highest BCUT2D eigenvalue weighted by molar-refractivity contribution is 6.67. The molecule has 0 bridgehead atoms. The Kier molecular flexibility index (Phi) is 6.29. The van der Waals surface area contributed by atoms with Gasteiger partial charge in [-0.15, -0.1) is 0 Å². The number of nitriles is 1. The zero-order chi connectivity index (χ0) is 19.1. The van der Waals surface area contributed by atoms with E-state index in [4.69, 9.17) is 15.7 Å². The Morgan fingerprint density at radius 3 is 2.52 bits per heavy atom. The van der Waals surface area contributed by atoms with Gasteiger partial charge in [0.25, 0.3) is 12.6 Å². The number of nitrogens with zero attached hydrogens (tertiary/aromatic N) is 1. The van der Waals surface area contributed by atoms with Gasteiger partial charge >= 0.3 is 0 Å². The maximum atomic E-state index is 12.4. The van der Waals surface area contributed by atoms with Crippen molar-refractivity contribution < 1.29 is 9.53 Å². The lowest BCUT2D eigenvalue weighted by atomic mass is 9.43. The molecule has 3 rings (SSSR count). The van der Waals surface area contributed by atoms with Gasteiger partial charge in [-0.2, -0.15) is 0 Å². The normalized spacial score (nSPS) is 13.5. The molecule has 6 heteroatoms. The van der Waals surface area contributed by atoms with Gasteiger partial charge in [0.2, 0.25) is 0 Å². The van der Waals surface area contributed by atoms with E-state index in [0.29, 0.717) is 24.4 Å². The molecule has 2 aromatic carbocycles. The van der Waals surface area contributed by atoms with Crippen molar-refractivity contribution in [2.75, 3.05) is 18.5 Å². The van der Waals surface area contributed by atoms with Crippen molar-refractivity contribution in [3.05, 3.63) is 65.7 Å². The fraction of sp³-hybridized carbons (Fsp3) is 0.238. The molecule has 2 aromatic rings. The van der Waals surface area contributed by atoms with Crippen LogP contribution in [0.3, 0.4) is 0 Å². The van der Waals surface area contributed by atoms with Crippen LogP contribution in [0.4, 0.5) is 5.69 Å². The summed E-state index contributed by atoms with van der Waals surface area (Å²) in [5.41, 5.74) is 9.09. The Hall–Kier alpha value is -3.04. The lowest BCUT2D eigenvalue weighted by Gasteiger charge is -2.15. The van der Waals surface area contributed by atoms with E-state index in [1.807, 2.05) is 24.3 Å². The molecular weight excluding hydrogens is 337 g/mol. The van der Waals surface area contributed by atoms with E-state index in [1.165, 1.54) is 5.57 Å². The quantitative estimate of drug-likeness (QED) is 0.771. The smallest absolute Gasteiger partial charge is 0.271 e. The van der Waals surface area contributed by atoms with E-state index in [-0.39, 0.29) is 12.6 Å². The minimum Gasteiger partial charge on any atom is -0.492 e. The highest BCUT2D eigenvalue weighted by Crippen LogP contribution is 2.27. The molecule has 0 fully saturated rings. The molecule has 0 aliphatic carbocycles. The molecule has 1 aliphatic rings. The van der Waals surface area contributed by atoms with Crippen LogP contribution in [-0.4, -0.2) is 25.8 Å². The predicted molar refractivity (Wildman–Crippen MR) is 109 cm³/mol. The summed E-state index contributed by atoms with van der Waals surface area (Å²) < 4.78 is 5.42. The van der Waals surface area contributed by atoms with E-state index < -0.39 is 0 Å². The zero-order valence-electron chi connectivity index (χ0n) is 15.2. The molecule has 0 saturated carbocycles. The van der Waals surface area contributed by atoms with Gasteiger partial charge in [-0.3, -0.25) is 4.79 Å². The minimum atomic E-state index is -0.153. The van der Waals surface area contributed by atoms with Crippen molar-refractivity contribution in [2.45, 2.75) is 19.1 Å². The van der Waals surface area contributed by atoms with Gasteiger partial charge in [0.15, 0.2) is 0 Å². The Labute approximate surface area is 159 Å². The summed E-state index contributed by atoms with van der Waals surface area (Å²) in [7, 11) is 0. The van der Waals surface area contributed by atoms with Crippen molar-refractivity contribution in [1.82, 2.24) is 0 Å². The first-order valence-electron chi connectivity index (χ1n) is 9.13. The molecule has 0 aromatic heterocycles. The van der Waals surface area contributed by atoms with Crippen molar-refractivity contribution in [1.29, 1.82) is 5.26 Å². The Morgan fingerprint density at radius 2 is 1.93 bits per heavy atom. The summed E-state index contributed by atoms with van der Waals surface area (Å²) in [4.78, 5) is 12.4. The first-order chi connectivity index (χ1) is 13.2. The number of hydrogen-bond acceptors (Lipinski definition) is 4. The first kappa shape index (κ1) is 18.7. The molecule has 136 valence electrons. The lowest BCUT2D eigenvalue weighted by molar-refractivity contribution is 0.102. The SMILES string of the molecule is N#CB1CC=C(c2ccc(C(=O)Nc3ccc(OCCN)cc3)cc2)CC1. The van der Waals surface area contributed by atoms with Crippen LogP contribution >= 0.6 is 0 Å². The molecule has 0 spiro atoms. The van der Waals surface area contributed by atoms with Gasteiger partial charge in [-0.05, 0) is 60.3 Å². The molecule has 1 amide bonds. The highest BCUT2D eigenvalue weighted by atomic mass is 16.5. The number of hydrogen-bond donors (Lipinski definition) is 2. The maximum Gasteiger partial charge on any atom is 0.271 e. The van der Waals surface area contributed by atoms with Crippen molar-refractivity contribution >= 4 is 23.9 Å². The number of ether oxygens (including phenoxy) is 1. The first-order valence-corrected chi connectivity index (χ1v) is 9.13. The van der Waals surface area contributed by atoms with Crippen molar-refractivity contribution in [3.63, 3.8) is 0 Å². The predicted octanol–water partition coefficient (Wildman–Crippen LogP) is 3.62. The molecule has 3 N–H and O–H groups in total. The largest absolute Gasteiger partial charge is 0.492 e. The number of rotatable bonds is 6. The maximum absolute atomic E-state index is 12.4. The third-order valence-electron chi connectivity index (χ3n) is 4.61. The summed E-state index contributed by atoms with van der Waals surface area (Å²) in [6.45, 7) is 1.06. The molecule has 1 aliphatic heterocycles. The second kappa shape index (κ2) is 9.06. The van der Waals surface area contributed by atoms with Crippen LogP contribution in [0.15, 0.2) is 54.6 Å². The van der Waals surface area contributed by atoms with E-state index in [2.05, 4.69) is 17.4 Å². The van der Waals surface area contributed by atoms with Gasteiger partial charge in [0, 0.05) is 23.8 Å². The molecule has 0 atom stereocenters. The Bertz CT molecular complexity index is 854. The molecule has 27 heavy (non-hydrogen) atoms. The van der Waals surface area contributed by atoms with E-state index in [1.54, 1.807) is 24.3 Å². The average Bonchev–Trinajstić information content (AvgIpc) is 2.73. The average molecular weight is 359 g/mol. The van der Waals surface area contributed by atoms with Crippen molar-refractivity contribution in [3.8, 4) is 11.7 Å². The fourth-order valence-electron chi connectivity index (χ4n) is 3.06. The summed E-state index contributed by atoms with van der Waals surface area (Å²) >= 11 is 0. The zero-order valence-corrected chi connectivity index (χ0v) is 15.2. The molecule has 5 nitrogen and oxygen atoms in total. The fourth-order valence-corrected chi connectivity index (χ4v) is 3.06. The minimum absolute atomic E-state index is 0.130. The van der Waals surface area contributed by atoms with Gasteiger partial charge in [0.05, 0.1) is 0 Å². The highest BCUT2D eigenvalue weighted by Gasteiger charge is 2.18. The third kappa shape index (κ3) is 4.99. The molecule has 0 saturated heterocycles. The lowest BCUT2D eigenvalue weighted by Crippen LogP contribution is -2.13. The second-order valence-corrected chi connectivity index (χ2v) is 6.52. The number of benzene rings is 2. The summed E-state index contributed by atoms with van der Waals surface area (Å²) in [5, 5.41) is 11.9. The number of nitrogens with one attached hydrogen (secondary N) is 1. The van der Waals surface area contributed by atoms with Crippen LogP contribution in [0, 0.1) is 11.2 Å². The Balaban J connectivity index is 1.61. The standard InChI is InChI=1S/C21H22BN3O2/c23-13-14-27-20-7-5-19(6-8-20)25-21(26)18-3-1-16(2-4-18)17-9-11-22(15-24)12-10-17/h1-9H,10-14,23H2,(H,25,26).